The van der Waals surface area contributed by atoms with Gasteiger partial charge >= 0.3 is 0 Å². The minimum atomic E-state index is -0.441. The Morgan fingerprint density at radius 3 is 2.38 bits per heavy atom. The van der Waals surface area contributed by atoms with Crippen molar-refractivity contribution in [3.63, 3.8) is 0 Å². The van der Waals surface area contributed by atoms with Gasteiger partial charge in [-0.15, -0.1) is 0 Å². The van der Waals surface area contributed by atoms with Crippen LogP contribution in [0, 0.1) is 13.8 Å². The standard InChI is InChI=1S/C20H18N2O3S/c1-13-7-3-5-9-15(13)11-17-19(24)22(20(25)26-17)12-18(23)21-16-10-6-4-8-14(16)2/h3-11H,12H2,1-2H3,(H,21,23)/b17-11-. The number of hydrogen-bond donors (Lipinski definition) is 1. The molecule has 1 fully saturated rings. The van der Waals surface area contributed by atoms with Crippen LogP contribution in [0.15, 0.2) is 53.4 Å². The summed E-state index contributed by atoms with van der Waals surface area (Å²) in [5.41, 5.74) is 3.47. The zero-order chi connectivity index (χ0) is 18.7. The van der Waals surface area contributed by atoms with Gasteiger partial charge in [-0.2, -0.15) is 0 Å². The highest BCUT2D eigenvalue weighted by molar-refractivity contribution is 8.18. The number of aryl methyl sites for hydroxylation is 2. The second kappa shape index (κ2) is 7.58. The van der Waals surface area contributed by atoms with Gasteiger partial charge in [-0.05, 0) is 54.4 Å². The second-order valence-electron chi connectivity index (χ2n) is 5.99. The molecule has 0 aromatic heterocycles. The lowest BCUT2D eigenvalue weighted by Gasteiger charge is -2.13. The highest BCUT2D eigenvalue weighted by atomic mass is 32.2. The van der Waals surface area contributed by atoms with Gasteiger partial charge in [-0.25, -0.2) is 0 Å². The molecule has 1 aliphatic rings. The lowest BCUT2D eigenvalue weighted by atomic mass is 10.1. The van der Waals surface area contributed by atoms with E-state index < -0.39 is 17.1 Å². The molecule has 1 heterocycles. The van der Waals surface area contributed by atoms with Gasteiger partial charge in [0.05, 0.1) is 4.91 Å². The first kappa shape index (κ1) is 17.9. The van der Waals surface area contributed by atoms with E-state index in [1.807, 2.05) is 56.3 Å². The molecule has 0 bridgehead atoms. The van der Waals surface area contributed by atoms with E-state index >= 15 is 0 Å². The van der Waals surface area contributed by atoms with Crippen LogP contribution < -0.4 is 5.32 Å². The monoisotopic (exact) mass is 366 g/mol. The third-order valence-electron chi connectivity index (χ3n) is 4.07. The van der Waals surface area contributed by atoms with E-state index in [0.29, 0.717) is 10.6 Å². The molecule has 2 aromatic rings. The number of nitrogens with zero attached hydrogens (tertiary/aromatic N) is 1. The van der Waals surface area contributed by atoms with Crippen LogP contribution in [0.1, 0.15) is 16.7 Å². The van der Waals surface area contributed by atoms with Crippen LogP contribution in [0.3, 0.4) is 0 Å². The number of amides is 3. The predicted octanol–water partition coefficient (Wildman–Crippen LogP) is 3.98. The number of carbonyl (C=O) groups is 3. The van der Waals surface area contributed by atoms with E-state index in [2.05, 4.69) is 5.32 Å². The third-order valence-corrected chi connectivity index (χ3v) is 4.98. The van der Waals surface area contributed by atoms with Crippen LogP contribution in [-0.4, -0.2) is 28.5 Å². The van der Waals surface area contributed by atoms with Gasteiger partial charge in [0.1, 0.15) is 6.54 Å². The summed E-state index contributed by atoms with van der Waals surface area (Å²) in [5, 5.41) is 2.30. The molecule has 2 aromatic carbocycles. The van der Waals surface area contributed by atoms with E-state index in [1.54, 1.807) is 12.1 Å². The highest BCUT2D eigenvalue weighted by Crippen LogP contribution is 2.32. The minimum absolute atomic E-state index is 0.301. The normalized spacial score (nSPS) is 15.6. The van der Waals surface area contributed by atoms with Crippen molar-refractivity contribution in [2.75, 3.05) is 11.9 Å². The van der Waals surface area contributed by atoms with Crippen molar-refractivity contribution in [2.45, 2.75) is 13.8 Å². The van der Waals surface area contributed by atoms with Crippen molar-refractivity contribution in [3.05, 3.63) is 70.1 Å². The lowest BCUT2D eigenvalue weighted by Crippen LogP contribution is -2.36. The van der Waals surface area contributed by atoms with Crippen molar-refractivity contribution >= 4 is 40.6 Å². The van der Waals surface area contributed by atoms with Crippen LogP contribution in [0.2, 0.25) is 0 Å². The fraction of sp³-hybridized carbons (Fsp3) is 0.150. The van der Waals surface area contributed by atoms with Crippen molar-refractivity contribution in [1.82, 2.24) is 4.90 Å². The van der Waals surface area contributed by atoms with E-state index in [0.717, 1.165) is 33.4 Å². The maximum absolute atomic E-state index is 12.5. The average Bonchev–Trinajstić information content (AvgIpc) is 2.86. The number of hydrogen-bond acceptors (Lipinski definition) is 4. The molecular formula is C20H18N2O3S. The summed E-state index contributed by atoms with van der Waals surface area (Å²) in [5.74, 6) is -0.845. The van der Waals surface area contributed by atoms with Gasteiger partial charge in [0.25, 0.3) is 11.1 Å². The Labute approximate surface area is 156 Å². The number of anilines is 1. The predicted molar refractivity (Wildman–Crippen MR) is 104 cm³/mol. The number of carbonyl (C=O) groups excluding carboxylic acids is 3. The zero-order valence-corrected chi connectivity index (χ0v) is 15.3. The van der Waals surface area contributed by atoms with Crippen molar-refractivity contribution < 1.29 is 14.4 Å². The fourth-order valence-corrected chi connectivity index (χ4v) is 3.40. The Balaban J connectivity index is 1.72. The number of rotatable bonds is 4. The Morgan fingerprint density at radius 1 is 1.04 bits per heavy atom. The van der Waals surface area contributed by atoms with E-state index in [9.17, 15) is 14.4 Å². The number of para-hydroxylation sites is 1. The zero-order valence-electron chi connectivity index (χ0n) is 14.5. The van der Waals surface area contributed by atoms with E-state index in [4.69, 9.17) is 0 Å². The minimum Gasteiger partial charge on any atom is -0.324 e. The van der Waals surface area contributed by atoms with Gasteiger partial charge in [0.15, 0.2) is 0 Å². The molecule has 1 saturated heterocycles. The molecule has 6 heteroatoms. The number of imide groups is 1. The van der Waals surface area contributed by atoms with Crippen molar-refractivity contribution in [3.8, 4) is 0 Å². The molecule has 0 unspecified atom stereocenters. The molecule has 5 nitrogen and oxygen atoms in total. The molecular weight excluding hydrogens is 348 g/mol. The number of nitrogens with one attached hydrogen (secondary N) is 1. The highest BCUT2D eigenvalue weighted by Gasteiger charge is 2.36. The Morgan fingerprint density at radius 2 is 1.69 bits per heavy atom. The van der Waals surface area contributed by atoms with Crippen LogP contribution in [0.5, 0.6) is 0 Å². The Bertz CT molecular complexity index is 921. The summed E-state index contributed by atoms with van der Waals surface area (Å²) in [6.45, 7) is 3.51. The average molecular weight is 366 g/mol. The Hall–Kier alpha value is -2.86. The molecule has 3 amide bonds. The molecule has 132 valence electrons. The Kier molecular flexibility index (Phi) is 5.23. The molecule has 0 aliphatic carbocycles. The molecule has 1 aliphatic heterocycles. The number of thioether (sulfide) groups is 1. The summed E-state index contributed by atoms with van der Waals surface area (Å²) in [6, 6.07) is 14.9. The molecule has 26 heavy (non-hydrogen) atoms. The van der Waals surface area contributed by atoms with Gasteiger partial charge in [-0.3, -0.25) is 19.3 Å². The summed E-state index contributed by atoms with van der Waals surface area (Å²) < 4.78 is 0. The van der Waals surface area contributed by atoms with E-state index in [1.165, 1.54) is 0 Å². The van der Waals surface area contributed by atoms with Crippen LogP contribution >= 0.6 is 11.8 Å². The van der Waals surface area contributed by atoms with Gasteiger partial charge in [-0.1, -0.05) is 42.5 Å². The van der Waals surface area contributed by atoms with Gasteiger partial charge in [0, 0.05) is 5.69 Å². The first-order valence-corrected chi connectivity index (χ1v) is 8.94. The number of benzene rings is 2. The first-order valence-electron chi connectivity index (χ1n) is 8.12. The second-order valence-corrected chi connectivity index (χ2v) is 6.98. The molecule has 1 N–H and O–H groups in total. The van der Waals surface area contributed by atoms with E-state index in [-0.39, 0.29) is 6.54 Å². The molecule has 0 atom stereocenters. The topological polar surface area (TPSA) is 66.5 Å². The molecule has 0 radical (unpaired) electrons. The van der Waals surface area contributed by atoms with Gasteiger partial charge in [0.2, 0.25) is 5.91 Å². The lowest BCUT2D eigenvalue weighted by molar-refractivity contribution is -0.127. The first-order chi connectivity index (χ1) is 12.5. The third kappa shape index (κ3) is 3.86. The maximum Gasteiger partial charge on any atom is 0.294 e. The van der Waals surface area contributed by atoms with Gasteiger partial charge < -0.3 is 5.32 Å². The molecule has 3 rings (SSSR count). The SMILES string of the molecule is Cc1ccccc1/C=C1\SC(=O)N(CC(=O)Nc2ccccc2C)C1=O. The maximum atomic E-state index is 12.5. The quantitative estimate of drug-likeness (QED) is 0.831. The van der Waals surface area contributed by atoms with Crippen molar-refractivity contribution in [1.29, 1.82) is 0 Å². The summed E-state index contributed by atoms with van der Waals surface area (Å²) in [4.78, 5) is 38.2. The van der Waals surface area contributed by atoms with Crippen molar-refractivity contribution in [2.24, 2.45) is 0 Å². The summed E-state index contributed by atoms with van der Waals surface area (Å²) in [7, 11) is 0. The van der Waals surface area contributed by atoms with Crippen LogP contribution in [0.4, 0.5) is 10.5 Å². The smallest absolute Gasteiger partial charge is 0.294 e. The fourth-order valence-electron chi connectivity index (χ4n) is 2.57. The molecule has 0 saturated carbocycles. The summed E-state index contributed by atoms with van der Waals surface area (Å²) >= 11 is 0.855. The summed E-state index contributed by atoms with van der Waals surface area (Å²) in [6.07, 6.45) is 1.69. The van der Waals surface area contributed by atoms with Crippen LogP contribution in [0.25, 0.3) is 6.08 Å². The largest absolute Gasteiger partial charge is 0.324 e. The van der Waals surface area contributed by atoms with Crippen LogP contribution in [-0.2, 0) is 9.59 Å². The molecule has 0 spiro atoms.